The molecule has 1 amide bonds. The van der Waals surface area contributed by atoms with Crippen molar-refractivity contribution in [3.05, 3.63) is 70.2 Å². The van der Waals surface area contributed by atoms with Crippen molar-refractivity contribution in [2.75, 3.05) is 18.0 Å². The Bertz CT molecular complexity index is 1260. The summed E-state index contributed by atoms with van der Waals surface area (Å²) in [7, 11) is 0. The zero-order chi connectivity index (χ0) is 22.9. The molecule has 0 aliphatic carbocycles. The van der Waals surface area contributed by atoms with Crippen LogP contribution in [-0.2, 0) is 11.3 Å². The van der Waals surface area contributed by atoms with Gasteiger partial charge >= 0.3 is 0 Å². The lowest BCUT2D eigenvalue weighted by Crippen LogP contribution is -2.32. The van der Waals surface area contributed by atoms with Crippen LogP contribution in [0.2, 0.25) is 0 Å². The molecule has 1 saturated heterocycles. The minimum absolute atomic E-state index is 0.00134. The maximum absolute atomic E-state index is 14.3. The third-order valence-electron chi connectivity index (χ3n) is 5.83. The van der Waals surface area contributed by atoms with E-state index in [2.05, 4.69) is 22.0 Å². The quantitative estimate of drug-likeness (QED) is 0.344. The van der Waals surface area contributed by atoms with Crippen molar-refractivity contribution in [3.8, 4) is 0 Å². The molecular weight excluding hydrogens is 462 g/mol. The largest absolute Gasteiger partial charge is 0.297 e. The van der Waals surface area contributed by atoms with Crippen LogP contribution in [0.1, 0.15) is 36.4 Å². The molecular formula is C24H22F2N4OS2. The zero-order valence-corrected chi connectivity index (χ0v) is 19.6. The highest BCUT2D eigenvalue weighted by Gasteiger charge is 2.25. The maximum atomic E-state index is 14.3. The first-order valence-corrected chi connectivity index (χ1v) is 12.5. The van der Waals surface area contributed by atoms with Crippen LogP contribution in [0.25, 0.3) is 10.2 Å². The summed E-state index contributed by atoms with van der Waals surface area (Å²) in [5.41, 5.74) is 1.91. The van der Waals surface area contributed by atoms with Crippen LogP contribution in [0, 0.1) is 11.6 Å². The fourth-order valence-electron chi connectivity index (χ4n) is 4.17. The van der Waals surface area contributed by atoms with Crippen molar-refractivity contribution in [3.63, 3.8) is 0 Å². The van der Waals surface area contributed by atoms with E-state index in [4.69, 9.17) is 4.98 Å². The van der Waals surface area contributed by atoms with Crippen molar-refractivity contribution >= 4 is 49.6 Å². The minimum atomic E-state index is -0.793. The van der Waals surface area contributed by atoms with E-state index in [1.807, 2.05) is 17.5 Å². The second kappa shape index (κ2) is 9.24. The molecule has 0 N–H and O–H groups in total. The van der Waals surface area contributed by atoms with E-state index < -0.39 is 11.6 Å². The molecule has 0 bridgehead atoms. The summed E-state index contributed by atoms with van der Waals surface area (Å²) in [5.74, 6) is -1.38. The molecule has 0 atom stereocenters. The summed E-state index contributed by atoms with van der Waals surface area (Å²) in [5, 5.41) is 3.49. The molecule has 1 aliphatic heterocycles. The van der Waals surface area contributed by atoms with Gasteiger partial charge in [-0.25, -0.2) is 18.7 Å². The minimum Gasteiger partial charge on any atom is -0.297 e. The van der Waals surface area contributed by atoms with E-state index in [0.29, 0.717) is 17.6 Å². The number of likely N-dealkylation sites (tertiary alicyclic amines) is 1. The van der Waals surface area contributed by atoms with Gasteiger partial charge in [0.15, 0.2) is 5.13 Å². The molecule has 3 heterocycles. The fourth-order valence-corrected chi connectivity index (χ4v) is 6.18. The molecule has 1 aliphatic rings. The van der Waals surface area contributed by atoms with Gasteiger partial charge in [-0.1, -0.05) is 12.1 Å². The molecule has 4 aromatic rings. The van der Waals surface area contributed by atoms with E-state index in [9.17, 15) is 13.6 Å². The molecule has 0 unspecified atom stereocenters. The first-order chi connectivity index (χ1) is 16.0. The molecule has 1 fully saturated rings. The topological polar surface area (TPSA) is 49.3 Å². The average molecular weight is 485 g/mol. The van der Waals surface area contributed by atoms with Gasteiger partial charge in [0.2, 0.25) is 5.91 Å². The third kappa shape index (κ3) is 4.66. The zero-order valence-electron chi connectivity index (χ0n) is 18.0. The highest BCUT2D eigenvalue weighted by Crippen LogP contribution is 2.35. The van der Waals surface area contributed by atoms with E-state index in [1.165, 1.54) is 38.9 Å². The normalized spacial score (nSPS) is 15.2. The summed E-state index contributed by atoms with van der Waals surface area (Å²) in [6, 6.07) is 11.4. The molecule has 5 rings (SSSR count). The summed E-state index contributed by atoms with van der Waals surface area (Å²) in [4.78, 5) is 25.2. The van der Waals surface area contributed by atoms with E-state index in [1.54, 1.807) is 11.3 Å². The number of benzene rings is 2. The molecule has 2 aromatic carbocycles. The Kier molecular flexibility index (Phi) is 6.18. The second-order valence-corrected chi connectivity index (χ2v) is 10.0. The van der Waals surface area contributed by atoms with Crippen molar-refractivity contribution < 1.29 is 13.6 Å². The molecule has 5 nitrogen and oxygen atoms in total. The van der Waals surface area contributed by atoms with Gasteiger partial charge in [-0.05, 0) is 50.2 Å². The number of thiazole rings is 2. The number of nitrogens with zero attached hydrogens (tertiary/aromatic N) is 4. The number of anilines is 2. The Morgan fingerprint density at radius 3 is 2.67 bits per heavy atom. The van der Waals surface area contributed by atoms with Gasteiger partial charge in [-0.15, -0.1) is 22.7 Å². The highest BCUT2D eigenvalue weighted by atomic mass is 32.1. The van der Waals surface area contributed by atoms with Crippen LogP contribution in [-0.4, -0.2) is 33.9 Å². The number of carbonyl (C=O) groups excluding carboxylic acids is 1. The van der Waals surface area contributed by atoms with Crippen LogP contribution in [0.3, 0.4) is 0 Å². The molecule has 33 heavy (non-hydrogen) atoms. The third-order valence-corrected chi connectivity index (χ3v) is 7.90. The van der Waals surface area contributed by atoms with Gasteiger partial charge in [0, 0.05) is 30.8 Å². The number of piperidine rings is 1. The Balaban J connectivity index is 1.25. The van der Waals surface area contributed by atoms with Crippen LogP contribution >= 0.6 is 22.7 Å². The number of halogens is 2. The van der Waals surface area contributed by atoms with Crippen LogP contribution in [0.5, 0.6) is 0 Å². The lowest BCUT2D eigenvalue weighted by atomic mass is 9.97. The Labute approximate surface area is 198 Å². The molecule has 9 heteroatoms. The summed E-state index contributed by atoms with van der Waals surface area (Å²) in [6.07, 6.45) is 2.08. The van der Waals surface area contributed by atoms with Crippen LogP contribution < -0.4 is 4.90 Å². The summed E-state index contributed by atoms with van der Waals surface area (Å²) >= 11 is 3.07. The smallest absolute Gasteiger partial charge is 0.230 e. The molecule has 0 saturated carbocycles. The predicted molar refractivity (Wildman–Crippen MR) is 128 cm³/mol. The average Bonchev–Trinajstić information content (AvgIpc) is 3.43. The Morgan fingerprint density at radius 2 is 1.94 bits per heavy atom. The lowest BCUT2D eigenvalue weighted by Gasteiger charge is -2.30. The Morgan fingerprint density at radius 1 is 1.15 bits per heavy atom. The number of carbonyl (C=O) groups is 1. The predicted octanol–water partition coefficient (Wildman–Crippen LogP) is 6.10. The fraction of sp³-hybridized carbons (Fsp3) is 0.292. The number of fused-ring (bicyclic) bond motifs is 1. The van der Waals surface area contributed by atoms with E-state index >= 15 is 0 Å². The number of aromatic nitrogens is 2. The van der Waals surface area contributed by atoms with Gasteiger partial charge in [-0.3, -0.25) is 14.6 Å². The number of amides is 1. The standard InChI is InChI=1S/C24H22F2N4OS2/c1-15(31)30(21-7-6-17(25)12-19(21)26)24-27-18(14-32-24)13-29-10-8-16(9-11-29)23-28-20-4-2-3-5-22(20)33-23/h2-7,12,14,16H,8-11,13H2,1H3. The van der Waals surface area contributed by atoms with Crippen LogP contribution in [0.4, 0.5) is 19.6 Å². The van der Waals surface area contributed by atoms with Crippen molar-refractivity contribution in [1.82, 2.24) is 14.9 Å². The maximum Gasteiger partial charge on any atom is 0.230 e. The Hall–Kier alpha value is -2.75. The first-order valence-electron chi connectivity index (χ1n) is 10.8. The van der Waals surface area contributed by atoms with Gasteiger partial charge in [0.05, 0.1) is 26.6 Å². The highest BCUT2D eigenvalue weighted by molar-refractivity contribution is 7.18. The molecule has 0 radical (unpaired) electrons. The van der Waals surface area contributed by atoms with Gasteiger partial charge in [0.1, 0.15) is 11.6 Å². The van der Waals surface area contributed by atoms with Gasteiger partial charge in [-0.2, -0.15) is 0 Å². The van der Waals surface area contributed by atoms with Crippen molar-refractivity contribution in [1.29, 1.82) is 0 Å². The SMILES string of the molecule is CC(=O)N(c1nc(CN2CCC(c3nc4ccccc4s3)CC2)cs1)c1ccc(F)cc1F. The molecule has 0 spiro atoms. The number of hydrogen-bond donors (Lipinski definition) is 0. The molecule has 2 aromatic heterocycles. The van der Waals surface area contributed by atoms with Gasteiger partial charge in [0.25, 0.3) is 0 Å². The lowest BCUT2D eigenvalue weighted by molar-refractivity contribution is -0.115. The number of hydrogen-bond acceptors (Lipinski definition) is 6. The van der Waals surface area contributed by atoms with Crippen molar-refractivity contribution in [2.45, 2.75) is 32.2 Å². The van der Waals surface area contributed by atoms with Crippen LogP contribution in [0.15, 0.2) is 47.8 Å². The van der Waals surface area contributed by atoms with E-state index in [0.717, 1.165) is 49.3 Å². The number of rotatable bonds is 5. The first kappa shape index (κ1) is 22.1. The second-order valence-electron chi connectivity index (χ2n) is 8.14. The summed E-state index contributed by atoms with van der Waals surface area (Å²) in [6.45, 7) is 3.89. The molecule has 170 valence electrons. The van der Waals surface area contributed by atoms with E-state index in [-0.39, 0.29) is 11.6 Å². The van der Waals surface area contributed by atoms with Crippen molar-refractivity contribution in [2.24, 2.45) is 0 Å². The summed E-state index contributed by atoms with van der Waals surface area (Å²) < 4.78 is 28.8. The monoisotopic (exact) mass is 484 g/mol. The van der Waals surface area contributed by atoms with Gasteiger partial charge < -0.3 is 0 Å². The number of para-hydroxylation sites is 1.